The molecule has 1 fully saturated rings. The number of aromatic nitrogens is 2. The number of hydrogen-bond donors (Lipinski definition) is 3. The summed E-state index contributed by atoms with van der Waals surface area (Å²) in [5.74, 6) is 0. The normalized spacial score (nSPS) is 20.9. The molecule has 0 saturated carbocycles. The van der Waals surface area contributed by atoms with E-state index in [2.05, 4.69) is 10.4 Å². The van der Waals surface area contributed by atoms with E-state index < -0.39 is 24.4 Å². The maximum atomic E-state index is 10.4. The number of nitrogens with two attached hydrogens (primary N) is 1. The van der Waals surface area contributed by atoms with Crippen molar-refractivity contribution in [2.75, 3.05) is 6.54 Å². The highest BCUT2D eigenvalue weighted by atomic mass is 16.7. The van der Waals surface area contributed by atoms with Crippen molar-refractivity contribution in [3.63, 3.8) is 0 Å². The number of rotatable bonds is 5. The molecule has 0 aliphatic carbocycles. The van der Waals surface area contributed by atoms with Gasteiger partial charge in [0.2, 0.25) is 0 Å². The number of amides is 1. The second-order valence-corrected chi connectivity index (χ2v) is 6.53. The van der Waals surface area contributed by atoms with Crippen molar-refractivity contribution in [3.05, 3.63) is 12.4 Å². The zero-order valence-corrected chi connectivity index (χ0v) is 13.4. The molecule has 1 aliphatic rings. The zero-order valence-electron chi connectivity index (χ0n) is 13.4. The maximum absolute atomic E-state index is 10.4. The Labute approximate surface area is 130 Å². The Morgan fingerprint density at radius 1 is 1.45 bits per heavy atom. The molecule has 1 aromatic heterocycles. The van der Waals surface area contributed by atoms with Gasteiger partial charge in [-0.1, -0.05) is 0 Å². The number of carbonyl (C=O) groups is 1. The number of nitrogens with one attached hydrogen (secondary N) is 1. The zero-order chi connectivity index (χ0) is 16.5. The van der Waals surface area contributed by atoms with Crippen LogP contribution in [0.5, 0.6) is 0 Å². The summed E-state index contributed by atoms with van der Waals surface area (Å²) in [5.41, 5.74) is 5.87. The van der Waals surface area contributed by atoms with Crippen molar-refractivity contribution < 1.29 is 19.2 Å². The van der Waals surface area contributed by atoms with Crippen LogP contribution in [-0.4, -0.2) is 51.9 Å². The molecule has 22 heavy (non-hydrogen) atoms. The van der Waals surface area contributed by atoms with Crippen LogP contribution in [0.3, 0.4) is 0 Å². The number of nitrogens with zero attached hydrogens (tertiary/aromatic N) is 2. The van der Waals surface area contributed by atoms with Gasteiger partial charge in [0.25, 0.3) is 0 Å². The molecular formula is C13H23BN4O4. The summed E-state index contributed by atoms with van der Waals surface area (Å²) in [6, 6.07) is -0.359. The molecule has 122 valence electrons. The number of carboxylic acid groups (broad SMARTS) is 1. The van der Waals surface area contributed by atoms with Crippen molar-refractivity contribution in [3.8, 4) is 0 Å². The van der Waals surface area contributed by atoms with Gasteiger partial charge in [-0.15, -0.1) is 0 Å². The Hall–Kier alpha value is -1.58. The van der Waals surface area contributed by atoms with Gasteiger partial charge in [-0.3, -0.25) is 4.68 Å². The summed E-state index contributed by atoms with van der Waals surface area (Å²) in [4.78, 5) is 10.4. The molecule has 4 N–H and O–H groups in total. The summed E-state index contributed by atoms with van der Waals surface area (Å²) in [5, 5.41) is 15.0. The molecule has 2 rings (SSSR count). The van der Waals surface area contributed by atoms with E-state index in [4.69, 9.17) is 20.1 Å². The fraction of sp³-hybridized carbons (Fsp3) is 0.692. The van der Waals surface area contributed by atoms with Crippen molar-refractivity contribution in [1.29, 1.82) is 0 Å². The lowest BCUT2D eigenvalue weighted by Gasteiger charge is -2.32. The Morgan fingerprint density at radius 2 is 2.05 bits per heavy atom. The third-order valence-corrected chi connectivity index (χ3v) is 4.12. The Morgan fingerprint density at radius 3 is 2.59 bits per heavy atom. The number of hydrogen-bond acceptors (Lipinski definition) is 5. The smallest absolute Gasteiger partial charge is 0.465 e. The summed E-state index contributed by atoms with van der Waals surface area (Å²) < 4.78 is 13.6. The van der Waals surface area contributed by atoms with Gasteiger partial charge >= 0.3 is 13.2 Å². The summed E-state index contributed by atoms with van der Waals surface area (Å²) in [6.07, 6.45) is 2.40. The van der Waals surface area contributed by atoms with E-state index >= 15 is 0 Å². The molecule has 9 heteroatoms. The van der Waals surface area contributed by atoms with Crippen molar-refractivity contribution >= 4 is 18.7 Å². The molecule has 0 radical (unpaired) electrons. The molecule has 1 saturated heterocycles. The third-order valence-electron chi connectivity index (χ3n) is 4.12. The molecule has 1 aliphatic heterocycles. The van der Waals surface area contributed by atoms with Gasteiger partial charge < -0.3 is 25.5 Å². The van der Waals surface area contributed by atoms with Crippen LogP contribution in [0.1, 0.15) is 27.7 Å². The molecule has 1 aromatic rings. The van der Waals surface area contributed by atoms with Crippen LogP contribution in [0.15, 0.2) is 12.4 Å². The second-order valence-electron chi connectivity index (χ2n) is 6.53. The first-order valence-corrected chi connectivity index (χ1v) is 7.21. The van der Waals surface area contributed by atoms with Gasteiger partial charge in [-0.25, -0.2) is 4.79 Å². The van der Waals surface area contributed by atoms with Gasteiger partial charge in [0.15, 0.2) is 0 Å². The first-order chi connectivity index (χ1) is 10.1. The van der Waals surface area contributed by atoms with E-state index in [1.165, 1.54) is 0 Å². The lowest BCUT2D eigenvalue weighted by molar-refractivity contribution is 0.00578. The molecule has 0 spiro atoms. The van der Waals surface area contributed by atoms with E-state index in [0.29, 0.717) is 6.54 Å². The molecule has 8 nitrogen and oxygen atoms in total. The highest BCUT2D eigenvalue weighted by Crippen LogP contribution is 2.36. The Kier molecular flexibility index (Phi) is 4.50. The van der Waals surface area contributed by atoms with Crippen LogP contribution in [0.2, 0.25) is 0 Å². The van der Waals surface area contributed by atoms with Crippen LogP contribution in [0, 0.1) is 0 Å². The fourth-order valence-electron chi connectivity index (χ4n) is 2.10. The second kappa shape index (κ2) is 5.90. The third kappa shape index (κ3) is 3.60. The molecule has 1 unspecified atom stereocenters. The molecule has 0 bridgehead atoms. The predicted molar refractivity (Wildman–Crippen MR) is 81.9 cm³/mol. The van der Waals surface area contributed by atoms with Crippen molar-refractivity contribution in [1.82, 2.24) is 15.1 Å². The van der Waals surface area contributed by atoms with Gasteiger partial charge in [-0.2, -0.15) is 5.10 Å². The molecule has 1 amide bonds. The fourth-order valence-corrected chi connectivity index (χ4v) is 2.10. The van der Waals surface area contributed by atoms with Gasteiger partial charge in [0.1, 0.15) is 0 Å². The summed E-state index contributed by atoms with van der Waals surface area (Å²) >= 11 is 0. The van der Waals surface area contributed by atoms with Crippen LogP contribution in [-0.2, 0) is 15.9 Å². The SMILES string of the molecule is CC1(C)OB(c2cnn(CC(N)CNC(=O)O)c2)OC1(C)C. The molecule has 1 atom stereocenters. The molecule has 2 heterocycles. The lowest BCUT2D eigenvalue weighted by Crippen LogP contribution is -2.41. The highest BCUT2D eigenvalue weighted by molar-refractivity contribution is 6.61. The highest BCUT2D eigenvalue weighted by Gasteiger charge is 2.52. The van der Waals surface area contributed by atoms with E-state index in [0.717, 1.165) is 5.46 Å². The topological polar surface area (TPSA) is 112 Å². The van der Waals surface area contributed by atoms with Crippen LogP contribution < -0.4 is 16.5 Å². The monoisotopic (exact) mass is 310 g/mol. The van der Waals surface area contributed by atoms with E-state index in [1.54, 1.807) is 10.9 Å². The van der Waals surface area contributed by atoms with Crippen LogP contribution in [0.4, 0.5) is 4.79 Å². The lowest BCUT2D eigenvalue weighted by atomic mass is 9.82. The van der Waals surface area contributed by atoms with E-state index in [-0.39, 0.29) is 12.6 Å². The van der Waals surface area contributed by atoms with Gasteiger partial charge in [0.05, 0.1) is 17.7 Å². The maximum Gasteiger partial charge on any atom is 0.498 e. The average Bonchev–Trinajstić information content (AvgIpc) is 2.90. The van der Waals surface area contributed by atoms with Crippen LogP contribution in [0.25, 0.3) is 0 Å². The first kappa shape index (κ1) is 16.8. The standard InChI is InChI=1S/C13H23BN4O4/c1-12(2)13(3,4)22-14(21-12)9-5-17-18(7-9)8-10(15)6-16-11(19)20/h5,7,10,16H,6,8,15H2,1-4H3,(H,19,20). The van der Waals surface area contributed by atoms with Gasteiger partial charge in [-0.05, 0) is 27.7 Å². The van der Waals surface area contributed by atoms with Crippen molar-refractivity contribution in [2.45, 2.75) is 51.5 Å². The molecular weight excluding hydrogens is 287 g/mol. The van der Waals surface area contributed by atoms with E-state index in [1.807, 2.05) is 33.9 Å². The van der Waals surface area contributed by atoms with E-state index in [9.17, 15) is 4.79 Å². The van der Waals surface area contributed by atoms with Crippen molar-refractivity contribution in [2.24, 2.45) is 5.73 Å². The Bertz CT molecular complexity index is 530. The average molecular weight is 310 g/mol. The first-order valence-electron chi connectivity index (χ1n) is 7.21. The molecule has 0 aromatic carbocycles. The minimum atomic E-state index is -1.09. The predicted octanol–water partition coefficient (Wildman–Crippen LogP) is -0.223. The minimum Gasteiger partial charge on any atom is -0.465 e. The van der Waals surface area contributed by atoms with Gasteiger partial charge in [0, 0.05) is 30.4 Å². The Balaban J connectivity index is 1.96. The minimum absolute atomic E-state index is 0.168. The quantitative estimate of drug-likeness (QED) is 0.648. The summed E-state index contributed by atoms with van der Waals surface area (Å²) in [7, 11) is -0.466. The van der Waals surface area contributed by atoms with Crippen LogP contribution >= 0.6 is 0 Å². The summed E-state index contributed by atoms with van der Waals surface area (Å²) in [6.45, 7) is 8.53. The largest absolute Gasteiger partial charge is 0.498 e.